The van der Waals surface area contributed by atoms with Crippen molar-refractivity contribution in [2.24, 2.45) is 0 Å². The van der Waals surface area contributed by atoms with Crippen LogP contribution >= 0.6 is 0 Å². The lowest BCUT2D eigenvalue weighted by molar-refractivity contribution is 0.236. The maximum Gasteiger partial charge on any atom is 0.159 e. The van der Waals surface area contributed by atoms with E-state index in [4.69, 9.17) is 19.2 Å². The van der Waals surface area contributed by atoms with Gasteiger partial charge in [-0.2, -0.15) is 0 Å². The summed E-state index contributed by atoms with van der Waals surface area (Å²) in [7, 11) is 3.27. The molecule has 0 unspecified atom stereocenters. The Kier molecular flexibility index (Phi) is 6.04. The van der Waals surface area contributed by atoms with Crippen molar-refractivity contribution >= 4 is 10.9 Å². The summed E-state index contributed by atoms with van der Waals surface area (Å²) >= 11 is 0. The molecule has 0 radical (unpaired) electrons. The topological polar surface area (TPSA) is 56.7 Å². The Morgan fingerprint density at radius 3 is 2.37 bits per heavy atom. The van der Waals surface area contributed by atoms with E-state index in [1.165, 1.54) is 25.9 Å². The van der Waals surface area contributed by atoms with Crippen molar-refractivity contribution in [3.8, 4) is 28.6 Å². The fourth-order valence-electron chi connectivity index (χ4n) is 4.09. The van der Waals surface area contributed by atoms with Crippen molar-refractivity contribution in [1.29, 1.82) is 0 Å². The van der Waals surface area contributed by atoms with Gasteiger partial charge in [-0.05, 0) is 63.0 Å². The first-order chi connectivity index (χ1) is 14.6. The van der Waals surface area contributed by atoms with Crippen molar-refractivity contribution in [3.63, 3.8) is 0 Å². The Labute approximate surface area is 177 Å². The van der Waals surface area contributed by atoms with E-state index in [-0.39, 0.29) is 0 Å². The zero-order chi connectivity index (χ0) is 21.1. The summed E-state index contributed by atoms with van der Waals surface area (Å²) in [6.45, 7) is 8.24. The quantitative estimate of drug-likeness (QED) is 0.578. The molecule has 1 aromatic heterocycles. The Hall–Kier alpha value is -2.86. The average molecular weight is 408 g/mol. The number of nitrogens with zero attached hydrogens (tertiary/aromatic N) is 3. The highest BCUT2D eigenvalue weighted by atomic mass is 16.5. The van der Waals surface area contributed by atoms with Gasteiger partial charge in [0.1, 0.15) is 23.9 Å². The molecule has 1 saturated heterocycles. The first-order valence-corrected chi connectivity index (χ1v) is 10.4. The fourth-order valence-corrected chi connectivity index (χ4v) is 4.09. The third-order valence-electron chi connectivity index (χ3n) is 5.66. The van der Waals surface area contributed by atoms with E-state index >= 15 is 0 Å². The number of aryl methyl sites for hydroxylation is 2. The van der Waals surface area contributed by atoms with E-state index in [1.54, 1.807) is 20.4 Å². The molecular formula is C24H29N3O3. The number of benzene rings is 2. The third-order valence-corrected chi connectivity index (χ3v) is 5.66. The van der Waals surface area contributed by atoms with Crippen LogP contribution in [0.4, 0.5) is 0 Å². The van der Waals surface area contributed by atoms with Crippen LogP contribution in [0.3, 0.4) is 0 Å². The summed E-state index contributed by atoms with van der Waals surface area (Å²) in [4.78, 5) is 11.8. The Morgan fingerprint density at radius 1 is 0.967 bits per heavy atom. The van der Waals surface area contributed by atoms with Crippen LogP contribution in [0.25, 0.3) is 22.3 Å². The van der Waals surface area contributed by atoms with Crippen molar-refractivity contribution in [1.82, 2.24) is 14.9 Å². The van der Waals surface area contributed by atoms with Gasteiger partial charge in [0.2, 0.25) is 0 Å². The fraction of sp³-hybridized carbons (Fsp3) is 0.417. The smallest absolute Gasteiger partial charge is 0.159 e. The molecule has 0 spiro atoms. The number of hydrogen-bond donors (Lipinski definition) is 0. The molecule has 1 aliphatic rings. The molecule has 0 N–H and O–H groups in total. The van der Waals surface area contributed by atoms with Crippen LogP contribution in [-0.4, -0.2) is 55.3 Å². The van der Waals surface area contributed by atoms with E-state index in [1.807, 2.05) is 12.1 Å². The SMILES string of the molecule is COc1cc(OC)c2cnc(-c3cc(C)c(OCCN4CCCC4)c(C)c3)nc2c1. The maximum absolute atomic E-state index is 6.14. The number of rotatable bonds is 7. The lowest BCUT2D eigenvalue weighted by atomic mass is 10.0. The Bertz CT molecular complexity index is 1020. The van der Waals surface area contributed by atoms with Crippen LogP contribution < -0.4 is 14.2 Å². The van der Waals surface area contributed by atoms with Crippen LogP contribution in [0.15, 0.2) is 30.5 Å². The molecule has 6 nitrogen and oxygen atoms in total. The average Bonchev–Trinajstić information content (AvgIpc) is 3.27. The Balaban J connectivity index is 1.59. The third kappa shape index (κ3) is 4.19. The lowest BCUT2D eigenvalue weighted by Crippen LogP contribution is -2.25. The van der Waals surface area contributed by atoms with Gasteiger partial charge in [-0.3, -0.25) is 4.90 Å². The summed E-state index contributed by atoms with van der Waals surface area (Å²) in [5, 5.41) is 0.859. The predicted octanol–water partition coefficient (Wildman–Crippen LogP) is 4.41. The molecule has 0 aliphatic carbocycles. The Morgan fingerprint density at radius 2 is 1.70 bits per heavy atom. The first kappa shape index (κ1) is 20.4. The van der Waals surface area contributed by atoms with Crippen molar-refractivity contribution < 1.29 is 14.2 Å². The number of methoxy groups -OCH3 is 2. The molecule has 2 aromatic carbocycles. The molecule has 1 fully saturated rings. The van der Waals surface area contributed by atoms with Gasteiger partial charge in [0.15, 0.2) is 5.82 Å². The minimum Gasteiger partial charge on any atom is -0.497 e. The van der Waals surface area contributed by atoms with E-state index < -0.39 is 0 Å². The van der Waals surface area contributed by atoms with Gasteiger partial charge in [0.25, 0.3) is 0 Å². The van der Waals surface area contributed by atoms with Crippen LogP contribution in [0, 0.1) is 13.8 Å². The van der Waals surface area contributed by atoms with E-state index in [0.717, 1.165) is 39.9 Å². The highest BCUT2D eigenvalue weighted by Gasteiger charge is 2.14. The largest absolute Gasteiger partial charge is 0.497 e. The minimum atomic E-state index is 0.674. The number of fused-ring (bicyclic) bond motifs is 1. The van der Waals surface area contributed by atoms with E-state index in [0.29, 0.717) is 23.9 Å². The summed E-state index contributed by atoms with van der Waals surface area (Å²) < 4.78 is 17.0. The van der Waals surface area contributed by atoms with Gasteiger partial charge < -0.3 is 14.2 Å². The first-order valence-electron chi connectivity index (χ1n) is 10.4. The van der Waals surface area contributed by atoms with Gasteiger partial charge in [0, 0.05) is 30.4 Å². The number of likely N-dealkylation sites (tertiary alicyclic amines) is 1. The van der Waals surface area contributed by atoms with Gasteiger partial charge >= 0.3 is 0 Å². The second-order valence-electron chi connectivity index (χ2n) is 7.79. The van der Waals surface area contributed by atoms with Crippen LogP contribution in [-0.2, 0) is 0 Å². The standard InChI is InChI=1S/C24H29N3O3/c1-16-11-18(12-17(2)23(16)30-10-9-27-7-5-6-8-27)24-25-15-20-21(26-24)13-19(28-3)14-22(20)29-4/h11-15H,5-10H2,1-4H3. The molecule has 30 heavy (non-hydrogen) atoms. The number of ether oxygens (including phenoxy) is 3. The highest BCUT2D eigenvalue weighted by Crippen LogP contribution is 2.33. The van der Waals surface area contributed by atoms with Crippen molar-refractivity contribution in [3.05, 3.63) is 41.6 Å². The number of aromatic nitrogens is 2. The van der Waals surface area contributed by atoms with Crippen LogP contribution in [0.2, 0.25) is 0 Å². The normalized spacial score (nSPS) is 14.3. The zero-order valence-corrected chi connectivity index (χ0v) is 18.2. The zero-order valence-electron chi connectivity index (χ0n) is 18.2. The van der Waals surface area contributed by atoms with Gasteiger partial charge in [-0.25, -0.2) is 9.97 Å². The molecule has 0 amide bonds. The van der Waals surface area contributed by atoms with Crippen LogP contribution in [0.1, 0.15) is 24.0 Å². The van der Waals surface area contributed by atoms with E-state index in [9.17, 15) is 0 Å². The second-order valence-corrected chi connectivity index (χ2v) is 7.79. The van der Waals surface area contributed by atoms with Gasteiger partial charge in [-0.1, -0.05) is 0 Å². The number of hydrogen-bond acceptors (Lipinski definition) is 6. The van der Waals surface area contributed by atoms with Crippen molar-refractivity contribution in [2.45, 2.75) is 26.7 Å². The predicted molar refractivity (Wildman–Crippen MR) is 119 cm³/mol. The van der Waals surface area contributed by atoms with Gasteiger partial charge in [0.05, 0.1) is 25.1 Å². The molecule has 4 rings (SSSR count). The van der Waals surface area contributed by atoms with E-state index in [2.05, 4.69) is 35.9 Å². The minimum absolute atomic E-state index is 0.674. The molecule has 3 aromatic rings. The molecule has 2 heterocycles. The molecular weight excluding hydrogens is 378 g/mol. The summed E-state index contributed by atoms with van der Waals surface area (Å²) in [6.07, 6.45) is 4.41. The summed E-state index contributed by atoms with van der Waals surface area (Å²) in [6, 6.07) is 7.93. The highest BCUT2D eigenvalue weighted by molar-refractivity contribution is 5.87. The molecule has 6 heteroatoms. The second kappa shape index (κ2) is 8.88. The summed E-state index contributed by atoms with van der Waals surface area (Å²) in [5.41, 5.74) is 3.95. The summed E-state index contributed by atoms with van der Waals surface area (Å²) in [5.74, 6) is 3.04. The molecule has 0 saturated carbocycles. The molecule has 0 atom stereocenters. The lowest BCUT2D eigenvalue weighted by Gasteiger charge is -2.18. The molecule has 0 bridgehead atoms. The van der Waals surface area contributed by atoms with Crippen LogP contribution in [0.5, 0.6) is 17.2 Å². The van der Waals surface area contributed by atoms with Crippen molar-refractivity contribution in [2.75, 3.05) is 40.5 Å². The van der Waals surface area contributed by atoms with Gasteiger partial charge in [-0.15, -0.1) is 0 Å². The maximum atomic E-state index is 6.14. The molecule has 1 aliphatic heterocycles. The monoisotopic (exact) mass is 407 g/mol. The molecule has 158 valence electrons.